The van der Waals surface area contributed by atoms with E-state index in [2.05, 4.69) is 5.32 Å². The third-order valence-electron chi connectivity index (χ3n) is 2.80. The number of rotatable bonds is 4. The van der Waals surface area contributed by atoms with E-state index in [9.17, 15) is 4.39 Å². The van der Waals surface area contributed by atoms with E-state index in [4.69, 9.17) is 4.74 Å². The topological polar surface area (TPSA) is 21.3 Å². The average Bonchev–Trinajstić information content (AvgIpc) is 2.77. The molecular weight excluding hydrogens is 249 g/mol. The molecule has 1 unspecified atom stereocenters. The second-order valence-corrected chi connectivity index (χ2v) is 5.12. The van der Waals surface area contributed by atoms with Crippen LogP contribution in [0.3, 0.4) is 0 Å². The Morgan fingerprint density at radius 1 is 1.28 bits per heavy atom. The van der Waals surface area contributed by atoms with Gasteiger partial charge < -0.3 is 10.1 Å². The molecular formula is C14H16FNOS. The van der Waals surface area contributed by atoms with E-state index in [-0.39, 0.29) is 11.9 Å². The number of hydrogen-bond donors (Lipinski definition) is 1. The van der Waals surface area contributed by atoms with Gasteiger partial charge in [0.25, 0.3) is 0 Å². The summed E-state index contributed by atoms with van der Waals surface area (Å²) in [6, 6.07) is 7.07. The van der Waals surface area contributed by atoms with E-state index < -0.39 is 0 Å². The molecule has 0 bridgehead atoms. The number of thiophene rings is 1. The molecule has 1 atom stereocenters. The first kappa shape index (κ1) is 13.1. The second kappa shape index (κ2) is 5.50. The summed E-state index contributed by atoms with van der Waals surface area (Å²) in [6.45, 7) is 1.90. The Kier molecular flexibility index (Phi) is 3.99. The first-order valence-electron chi connectivity index (χ1n) is 5.71. The van der Waals surface area contributed by atoms with Crippen LogP contribution >= 0.6 is 11.3 Å². The molecule has 4 heteroatoms. The van der Waals surface area contributed by atoms with Crippen LogP contribution in [0, 0.1) is 12.7 Å². The highest BCUT2D eigenvalue weighted by atomic mass is 32.1. The summed E-state index contributed by atoms with van der Waals surface area (Å²) in [5, 5.41) is 5.16. The maximum atomic E-state index is 13.5. The fourth-order valence-corrected chi connectivity index (χ4v) is 2.99. The standard InChI is InChI=1S/C14H16FNOS/c1-9-4-10(6-11(15)5-9)14(16-2)13-7-12(17-3)8-18-13/h4-8,14,16H,1-3H3. The third-order valence-corrected chi connectivity index (χ3v) is 3.78. The van der Waals surface area contributed by atoms with Crippen molar-refractivity contribution < 1.29 is 9.13 Å². The fraction of sp³-hybridized carbons (Fsp3) is 0.286. The third kappa shape index (κ3) is 2.71. The van der Waals surface area contributed by atoms with Gasteiger partial charge in [-0.05, 0) is 43.3 Å². The summed E-state index contributed by atoms with van der Waals surface area (Å²) >= 11 is 1.60. The van der Waals surface area contributed by atoms with E-state index in [0.717, 1.165) is 21.8 Å². The largest absolute Gasteiger partial charge is 0.496 e. The summed E-state index contributed by atoms with van der Waals surface area (Å²) in [7, 11) is 3.52. The van der Waals surface area contributed by atoms with Gasteiger partial charge >= 0.3 is 0 Å². The van der Waals surface area contributed by atoms with Crippen LogP contribution in [0.5, 0.6) is 5.75 Å². The maximum Gasteiger partial charge on any atom is 0.129 e. The van der Waals surface area contributed by atoms with Gasteiger partial charge in [-0.15, -0.1) is 11.3 Å². The number of hydrogen-bond acceptors (Lipinski definition) is 3. The molecule has 0 aliphatic heterocycles. The molecule has 1 aromatic carbocycles. The molecule has 2 nitrogen and oxygen atoms in total. The van der Waals surface area contributed by atoms with Crippen molar-refractivity contribution in [1.29, 1.82) is 0 Å². The first-order valence-corrected chi connectivity index (χ1v) is 6.58. The highest BCUT2D eigenvalue weighted by Gasteiger charge is 2.15. The summed E-state index contributed by atoms with van der Waals surface area (Å²) in [6.07, 6.45) is 0. The Labute approximate surface area is 110 Å². The van der Waals surface area contributed by atoms with Crippen molar-refractivity contribution in [2.45, 2.75) is 13.0 Å². The van der Waals surface area contributed by atoms with Crippen molar-refractivity contribution >= 4 is 11.3 Å². The zero-order valence-electron chi connectivity index (χ0n) is 10.7. The number of benzene rings is 1. The summed E-state index contributed by atoms with van der Waals surface area (Å²) in [4.78, 5) is 1.11. The molecule has 0 saturated carbocycles. The van der Waals surface area contributed by atoms with Gasteiger partial charge in [0.15, 0.2) is 0 Å². The minimum atomic E-state index is -0.200. The predicted molar refractivity (Wildman–Crippen MR) is 72.9 cm³/mol. The van der Waals surface area contributed by atoms with Crippen molar-refractivity contribution in [1.82, 2.24) is 5.32 Å². The van der Waals surface area contributed by atoms with Gasteiger partial charge in [-0.1, -0.05) is 6.07 Å². The number of ether oxygens (including phenoxy) is 1. The van der Waals surface area contributed by atoms with Crippen LogP contribution in [-0.4, -0.2) is 14.2 Å². The second-order valence-electron chi connectivity index (χ2n) is 4.17. The molecule has 0 aliphatic carbocycles. The molecule has 0 aliphatic rings. The van der Waals surface area contributed by atoms with E-state index in [0.29, 0.717) is 0 Å². The van der Waals surface area contributed by atoms with Gasteiger partial charge in [-0.3, -0.25) is 0 Å². The lowest BCUT2D eigenvalue weighted by molar-refractivity contribution is 0.416. The summed E-state index contributed by atoms with van der Waals surface area (Å²) in [5.41, 5.74) is 1.85. The number of halogens is 1. The lowest BCUT2D eigenvalue weighted by Gasteiger charge is -2.15. The Balaban J connectivity index is 2.38. The number of nitrogens with one attached hydrogen (secondary N) is 1. The zero-order chi connectivity index (χ0) is 13.1. The van der Waals surface area contributed by atoms with Gasteiger partial charge in [-0.25, -0.2) is 4.39 Å². The van der Waals surface area contributed by atoms with Gasteiger partial charge in [0.05, 0.1) is 13.2 Å². The molecule has 0 fully saturated rings. The van der Waals surface area contributed by atoms with Crippen LogP contribution in [0.15, 0.2) is 29.6 Å². The molecule has 2 aromatic rings. The lowest BCUT2D eigenvalue weighted by Crippen LogP contribution is -2.16. The van der Waals surface area contributed by atoms with Gasteiger partial charge in [0, 0.05) is 10.3 Å². The number of methoxy groups -OCH3 is 1. The van der Waals surface area contributed by atoms with E-state index in [1.165, 1.54) is 6.07 Å². The monoisotopic (exact) mass is 265 g/mol. The lowest BCUT2D eigenvalue weighted by atomic mass is 10.0. The molecule has 1 aromatic heterocycles. The van der Waals surface area contributed by atoms with Crippen LogP contribution in [0.1, 0.15) is 22.0 Å². The van der Waals surface area contributed by atoms with Crippen LogP contribution in [0.4, 0.5) is 4.39 Å². The normalized spacial score (nSPS) is 12.4. The van der Waals surface area contributed by atoms with Crippen molar-refractivity contribution in [2.24, 2.45) is 0 Å². The molecule has 18 heavy (non-hydrogen) atoms. The van der Waals surface area contributed by atoms with Gasteiger partial charge in [0.2, 0.25) is 0 Å². The van der Waals surface area contributed by atoms with Gasteiger partial charge in [0.1, 0.15) is 11.6 Å². The summed E-state index contributed by atoms with van der Waals surface area (Å²) < 4.78 is 18.6. The predicted octanol–water partition coefficient (Wildman–Crippen LogP) is 3.51. The molecule has 2 rings (SSSR count). The Bertz CT molecular complexity index is 518. The van der Waals surface area contributed by atoms with E-state index in [1.54, 1.807) is 24.5 Å². The fourth-order valence-electron chi connectivity index (χ4n) is 2.00. The molecule has 1 N–H and O–H groups in total. The number of aryl methyl sites for hydroxylation is 1. The quantitative estimate of drug-likeness (QED) is 0.913. The molecule has 0 saturated heterocycles. The van der Waals surface area contributed by atoms with Gasteiger partial charge in [-0.2, -0.15) is 0 Å². The van der Waals surface area contributed by atoms with E-state index >= 15 is 0 Å². The van der Waals surface area contributed by atoms with Crippen LogP contribution in [-0.2, 0) is 0 Å². The smallest absolute Gasteiger partial charge is 0.129 e. The highest BCUT2D eigenvalue weighted by molar-refractivity contribution is 7.10. The molecule has 96 valence electrons. The first-order chi connectivity index (χ1) is 8.63. The molecule has 1 heterocycles. The average molecular weight is 265 g/mol. The minimum Gasteiger partial charge on any atom is -0.496 e. The summed E-state index contributed by atoms with van der Waals surface area (Å²) in [5.74, 6) is 0.636. The SMILES string of the molecule is CNC(c1cc(C)cc(F)c1)c1cc(OC)cs1. The molecule has 0 radical (unpaired) electrons. The van der Waals surface area contributed by atoms with Crippen molar-refractivity contribution in [3.05, 3.63) is 51.5 Å². The van der Waals surface area contributed by atoms with Crippen molar-refractivity contribution in [2.75, 3.05) is 14.2 Å². The van der Waals surface area contributed by atoms with Crippen molar-refractivity contribution in [3.8, 4) is 5.75 Å². The highest BCUT2D eigenvalue weighted by Crippen LogP contribution is 2.31. The minimum absolute atomic E-state index is 0.00620. The van der Waals surface area contributed by atoms with E-state index in [1.807, 2.05) is 31.5 Å². The van der Waals surface area contributed by atoms with Crippen LogP contribution in [0.25, 0.3) is 0 Å². The zero-order valence-corrected chi connectivity index (χ0v) is 11.5. The maximum absolute atomic E-state index is 13.5. The van der Waals surface area contributed by atoms with Crippen LogP contribution in [0.2, 0.25) is 0 Å². The van der Waals surface area contributed by atoms with Crippen LogP contribution < -0.4 is 10.1 Å². The molecule has 0 amide bonds. The molecule has 0 spiro atoms. The Morgan fingerprint density at radius 3 is 2.61 bits per heavy atom. The Morgan fingerprint density at radius 2 is 2.06 bits per heavy atom. The van der Waals surface area contributed by atoms with Crippen molar-refractivity contribution in [3.63, 3.8) is 0 Å². The Hall–Kier alpha value is -1.39.